The Balaban J connectivity index is 2.05. The third-order valence-electron chi connectivity index (χ3n) is 3.07. The van der Waals surface area contributed by atoms with Crippen LogP contribution in [0.1, 0.15) is 29.0 Å². The third kappa shape index (κ3) is 2.86. The highest BCUT2D eigenvalue weighted by atomic mass is 19.4. The standard InChI is InChI=1S/C11H11F3N4O/c12-11(13,14)9-5-8(16-17-9)10(19)18-3-1-7(6-15)2-4-18/h5,7H,1-4H2,(H,16,17). The number of aromatic amines is 1. The molecule has 1 aromatic rings. The Morgan fingerprint density at radius 1 is 1.47 bits per heavy atom. The molecule has 0 saturated carbocycles. The lowest BCUT2D eigenvalue weighted by molar-refractivity contribution is -0.141. The highest BCUT2D eigenvalue weighted by molar-refractivity contribution is 5.92. The first-order chi connectivity index (χ1) is 8.91. The van der Waals surface area contributed by atoms with Crippen molar-refractivity contribution in [2.75, 3.05) is 13.1 Å². The fraction of sp³-hybridized carbons (Fsp3) is 0.545. The summed E-state index contributed by atoms with van der Waals surface area (Å²) in [6, 6.07) is 2.83. The maximum absolute atomic E-state index is 12.4. The molecule has 0 aromatic carbocycles. The number of H-pyrrole nitrogens is 1. The van der Waals surface area contributed by atoms with Crippen molar-refractivity contribution in [1.82, 2.24) is 15.1 Å². The van der Waals surface area contributed by atoms with Crippen LogP contribution in [0.2, 0.25) is 0 Å². The van der Waals surface area contributed by atoms with Crippen LogP contribution in [0, 0.1) is 17.2 Å². The van der Waals surface area contributed by atoms with Gasteiger partial charge in [0, 0.05) is 25.1 Å². The molecule has 1 aliphatic heterocycles. The maximum Gasteiger partial charge on any atom is 0.432 e. The Labute approximate surface area is 107 Å². The maximum atomic E-state index is 12.4. The van der Waals surface area contributed by atoms with Gasteiger partial charge in [-0.25, -0.2) is 0 Å². The van der Waals surface area contributed by atoms with Crippen molar-refractivity contribution in [2.45, 2.75) is 19.0 Å². The number of carbonyl (C=O) groups excluding carboxylic acids is 1. The van der Waals surface area contributed by atoms with Crippen molar-refractivity contribution in [3.05, 3.63) is 17.5 Å². The summed E-state index contributed by atoms with van der Waals surface area (Å²) in [5.41, 5.74) is -1.29. The first kappa shape index (κ1) is 13.4. The summed E-state index contributed by atoms with van der Waals surface area (Å²) < 4.78 is 37.1. The number of rotatable bonds is 1. The van der Waals surface area contributed by atoms with Crippen LogP contribution in [0.4, 0.5) is 13.2 Å². The number of nitrogens with zero attached hydrogens (tertiary/aromatic N) is 3. The van der Waals surface area contributed by atoms with E-state index in [-0.39, 0.29) is 11.6 Å². The fourth-order valence-electron chi connectivity index (χ4n) is 1.95. The molecule has 0 atom stereocenters. The zero-order valence-corrected chi connectivity index (χ0v) is 9.87. The number of alkyl halides is 3. The monoisotopic (exact) mass is 272 g/mol. The van der Waals surface area contributed by atoms with Crippen molar-refractivity contribution in [3.8, 4) is 6.07 Å². The Hall–Kier alpha value is -2.04. The summed E-state index contributed by atoms with van der Waals surface area (Å²) >= 11 is 0. The largest absolute Gasteiger partial charge is 0.432 e. The Bertz CT molecular complexity index is 509. The molecule has 0 bridgehead atoms. The number of hydrogen-bond acceptors (Lipinski definition) is 3. The van der Waals surface area contributed by atoms with Gasteiger partial charge in [0.2, 0.25) is 0 Å². The average molecular weight is 272 g/mol. The number of nitriles is 1. The van der Waals surface area contributed by atoms with E-state index in [2.05, 4.69) is 11.2 Å². The van der Waals surface area contributed by atoms with Crippen LogP contribution in [0.5, 0.6) is 0 Å². The van der Waals surface area contributed by atoms with Crippen LogP contribution < -0.4 is 0 Å². The molecule has 0 radical (unpaired) electrons. The minimum atomic E-state index is -4.54. The third-order valence-corrected chi connectivity index (χ3v) is 3.07. The van der Waals surface area contributed by atoms with Gasteiger partial charge in [-0.2, -0.15) is 23.5 Å². The number of likely N-dealkylation sites (tertiary alicyclic amines) is 1. The van der Waals surface area contributed by atoms with E-state index in [1.54, 1.807) is 0 Å². The molecule has 2 heterocycles. The van der Waals surface area contributed by atoms with Gasteiger partial charge in [-0.3, -0.25) is 9.89 Å². The summed E-state index contributed by atoms with van der Waals surface area (Å²) in [4.78, 5) is 13.3. The second-order valence-corrected chi connectivity index (χ2v) is 4.36. The molecule has 0 spiro atoms. The molecule has 0 unspecified atom stereocenters. The summed E-state index contributed by atoms with van der Waals surface area (Å²) in [7, 11) is 0. The predicted molar refractivity (Wildman–Crippen MR) is 57.8 cm³/mol. The van der Waals surface area contributed by atoms with Gasteiger partial charge >= 0.3 is 6.18 Å². The molecule has 19 heavy (non-hydrogen) atoms. The summed E-state index contributed by atoms with van der Waals surface area (Å²) in [5, 5.41) is 13.9. The lowest BCUT2D eigenvalue weighted by atomic mass is 9.98. The second kappa shape index (κ2) is 4.91. The molecular formula is C11H11F3N4O. The Morgan fingerprint density at radius 2 is 2.11 bits per heavy atom. The number of nitrogens with one attached hydrogen (secondary N) is 1. The van der Waals surface area contributed by atoms with Crippen LogP contribution in [-0.4, -0.2) is 34.1 Å². The molecule has 8 heteroatoms. The summed E-state index contributed by atoms with van der Waals surface area (Å²) in [6.45, 7) is 0.733. The van der Waals surface area contributed by atoms with Crippen LogP contribution in [0.3, 0.4) is 0 Å². The van der Waals surface area contributed by atoms with Gasteiger partial charge in [-0.1, -0.05) is 0 Å². The number of carbonyl (C=O) groups is 1. The van der Waals surface area contributed by atoms with Crippen LogP contribution in [-0.2, 0) is 6.18 Å². The molecule has 5 nitrogen and oxygen atoms in total. The molecule has 1 fully saturated rings. The topological polar surface area (TPSA) is 72.8 Å². The van der Waals surface area contributed by atoms with Gasteiger partial charge in [0.05, 0.1) is 6.07 Å². The molecule has 1 aliphatic rings. The van der Waals surface area contributed by atoms with Crippen LogP contribution >= 0.6 is 0 Å². The van der Waals surface area contributed by atoms with Gasteiger partial charge < -0.3 is 4.90 Å². The van der Waals surface area contributed by atoms with E-state index in [1.807, 2.05) is 5.10 Å². The van der Waals surface area contributed by atoms with Crippen molar-refractivity contribution >= 4 is 5.91 Å². The van der Waals surface area contributed by atoms with E-state index in [4.69, 9.17) is 5.26 Å². The van der Waals surface area contributed by atoms with E-state index < -0.39 is 17.8 Å². The average Bonchev–Trinajstić information content (AvgIpc) is 2.87. The fourth-order valence-corrected chi connectivity index (χ4v) is 1.95. The predicted octanol–water partition coefficient (Wildman–Crippen LogP) is 1.80. The minimum Gasteiger partial charge on any atom is -0.337 e. The van der Waals surface area contributed by atoms with Gasteiger partial charge in [0.25, 0.3) is 5.91 Å². The van der Waals surface area contributed by atoms with Crippen LogP contribution in [0.25, 0.3) is 0 Å². The molecule has 1 saturated heterocycles. The van der Waals surface area contributed by atoms with E-state index in [0.717, 1.165) is 0 Å². The van der Waals surface area contributed by atoms with Crippen molar-refractivity contribution in [1.29, 1.82) is 5.26 Å². The van der Waals surface area contributed by atoms with Crippen LogP contribution in [0.15, 0.2) is 6.07 Å². The number of halogens is 3. The van der Waals surface area contributed by atoms with E-state index in [0.29, 0.717) is 32.0 Å². The molecule has 1 amide bonds. The lowest BCUT2D eigenvalue weighted by Crippen LogP contribution is -2.38. The van der Waals surface area contributed by atoms with E-state index >= 15 is 0 Å². The lowest BCUT2D eigenvalue weighted by Gasteiger charge is -2.28. The zero-order chi connectivity index (χ0) is 14.0. The highest BCUT2D eigenvalue weighted by Crippen LogP contribution is 2.28. The van der Waals surface area contributed by atoms with E-state index in [9.17, 15) is 18.0 Å². The van der Waals surface area contributed by atoms with Gasteiger partial charge in [-0.05, 0) is 12.8 Å². The number of amides is 1. The van der Waals surface area contributed by atoms with E-state index in [1.165, 1.54) is 4.90 Å². The first-order valence-electron chi connectivity index (χ1n) is 5.73. The second-order valence-electron chi connectivity index (χ2n) is 4.36. The number of piperidine rings is 1. The Morgan fingerprint density at radius 3 is 2.58 bits per heavy atom. The van der Waals surface area contributed by atoms with Crippen molar-refractivity contribution in [2.24, 2.45) is 5.92 Å². The SMILES string of the molecule is N#CC1CCN(C(=O)c2cc(C(F)(F)F)[nH]n2)CC1. The smallest absolute Gasteiger partial charge is 0.337 e. The normalized spacial score (nSPS) is 17.3. The van der Waals surface area contributed by atoms with Gasteiger partial charge in [0.15, 0.2) is 5.69 Å². The first-order valence-corrected chi connectivity index (χ1v) is 5.73. The zero-order valence-electron chi connectivity index (χ0n) is 9.87. The highest BCUT2D eigenvalue weighted by Gasteiger charge is 2.34. The van der Waals surface area contributed by atoms with Gasteiger partial charge in [-0.15, -0.1) is 0 Å². The molecule has 2 rings (SSSR count). The summed E-state index contributed by atoms with van der Waals surface area (Å²) in [5.74, 6) is -0.628. The van der Waals surface area contributed by atoms with Crippen molar-refractivity contribution in [3.63, 3.8) is 0 Å². The molecule has 1 N–H and O–H groups in total. The number of aromatic nitrogens is 2. The molecule has 1 aromatic heterocycles. The minimum absolute atomic E-state index is 0.0889. The van der Waals surface area contributed by atoms with Gasteiger partial charge in [0.1, 0.15) is 5.69 Å². The quantitative estimate of drug-likeness (QED) is 0.847. The molecular weight excluding hydrogens is 261 g/mol. The number of hydrogen-bond donors (Lipinski definition) is 1. The summed E-state index contributed by atoms with van der Waals surface area (Å²) in [6.07, 6.45) is -3.46. The molecule has 0 aliphatic carbocycles. The molecule has 102 valence electrons. The van der Waals surface area contributed by atoms with Crippen molar-refractivity contribution < 1.29 is 18.0 Å². The Kier molecular flexibility index (Phi) is 3.46.